The number of rotatable bonds is 4. The Balaban J connectivity index is 1.34. The first-order valence-electron chi connectivity index (χ1n) is 9.66. The number of thiophene rings is 1. The first-order chi connectivity index (χ1) is 14.1. The van der Waals surface area contributed by atoms with Gasteiger partial charge in [-0.15, -0.1) is 11.3 Å². The zero-order chi connectivity index (χ0) is 20.2. The van der Waals surface area contributed by atoms with E-state index in [0.717, 1.165) is 13.1 Å². The third kappa shape index (κ3) is 4.49. The van der Waals surface area contributed by atoms with Crippen LogP contribution < -0.4 is 10.2 Å². The van der Waals surface area contributed by atoms with Crippen LogP contribution in [0.15, 0.2) is 66.0 Å². The largest absolute Gasteiger partial charge is 0.368 e. The molecule has 0 radical (unpaired) electrons. The molecule has 1 aliphatic heterocycles. The SMILES string of the molecule is Cc1cccc(N2CCN(C(=O)c3ccc(NC(=O)c4cccs4)cc3)CC2)c1. The molecule has 5 nitrogen and oxygen atoms in total. The van der Waals surface area contributed by atoms with Crippen LogP contribution in [0.2, 0.25) is 0 Å². The minimum atomic E-state index is -0.133. The summed E-state index contributed by atoms with van der Waals surface area (Å²) in [6, 6.07) is 19.2. The minimum Gasteiger partial charge on any atom is -0.368 e. The number of carbonyl (C=O) groups excluding carboxylic acids is 2. The Morgan fingerprint density at radius 2 is 1.69 bits per heavy atom. The molecule has 29 heavy (non-hydrogen) atoms. The molecule has 0 atom stereocenters. The first kappa shape index (κ1) is 19.2. The quantitative estimate of drug-likeness (QED) is 0.705. The molecular formula is C23H23N3O2S. The van der Waals surface area contributed by atoms with Crippen LogP contribution in [-0.4, -0.2) is 42.9 Å². The van der Waals surface area contributed by atoms with Crippen molar-refractivity contribution < 1.29 is 9.59 Å². The number of hydrogen-bond donors (Lipinski definition) is 1. The normalized spacial score (nSPS) is 14.0. The molecule has 4 rings (SSSR count). The molecule has 0 bridgehead atoms. The summed E-state index contributed by atoms with van der Waals surface area (Å²) in [5, 5.41) is 4.73. The molecule has 148 valence electrons. The van der Waals surface area contributed by atoms with Gasteiger partial charge in [-0.2, -0.15) is 0 Å². The molecule has 1 fully saturated rings. The molecule has 1 aromatic heterocycles. The maximum atomic E-state index is 12.8. The molecule has 1 saturated heterocycles. The molecule has 0 unspecified atom stereocenters. The highest BCUT2D eigenvalue weighted by molar-refractivity contribution is 7.12. The Kier molecular flexibility index (Phi) is 5.62. The van der Waals surface area contributed by atoms with Crippen LogP contribution in [0.3, 0.4) is 0 Å². The van der Waals surface area contributed by atoms with Gasteiger partial charge in [0.25, 0.3) is 11.8 Å². The molecule has 0 spiro atoms. The number of anilines is 2. The third-order valence-electron chi connectivity index (χ3n) is 5.07. The van der Waals surface area contributed by atoms with E-state index in [0.29, 0.717) is 29.2 Å². The number of carbonyl (C=O) groups is 2. The Morgan fingerprint density at radius 3 is 2.34 bits per heavy atom. The predicted octanol–water partition coefficient (Wildman–Crippen LogP) is 4.27. The summed E-state index contributed by atoms with van der Waals surface area (Å²) in [7, 11) is 0. The fraction of sp³-hybridized carbons (Fsp3) is 0.217. The van der Waals surface area contributed by atoms with Gasteiger partial charge in [-0.1, -0.05) is 18.2 Å². The van der Waals surface area contributed by atoms with E-state index in [-0.39, 0.29) is 11.8 Å². The molecule has 6 heteroatoms. The fourth-order valence-corrected chi connectivity index (χ4v) is 4.09. The average Bonchev–Trinajstić information content (AvgIpc) is 3.29. The lowest BCUT2D eigenvalue weighted by Crippen LogP contribution is -2.48. The van der Waals surface area contributed by atoms with E-state index < -0.39 is 0 Å². The van der Waals surface area contributed by atoms with Crippen LogP contribution in [-0.2, 0) is 0 Å². The number of benzene rings is 2. The summed E-state index contributed by atoms with van der Waals surface area (Å²) in [5.74, 6) is -0.101. The number of aryl methyl sites for hydroxylation is 1. The lowest BCUT2D eigenvalue weighted by atomic mass is 10.1. The van der Waals surface area contributed by atoms with Crippen molar-refractivity contribution in [2.24, 2.45) is 0 Å². The molecule has 2 heterocycles. The first-order valence-corrected chi connectivity index (χ1v) is 10.5. The Hall–Kier alpha value is -3.12. The second-order valence-electron chi connectivity index (χ2n) is 7.13. The zero-order valence-corrected chi connectivity index (χ0v) is 17.1. The van der Waals surface area contributed by atoms with Crippen molar-refractivity contribution in [3.63, 3.8) is 0 Å². The van der Waals surface area contributed by atoms with Gasteiger partial charge in [0, 0.05) is 43.1 Å². The molecular weight excluding hydrogens is 382 g/mol. The molecule has 3 aromatic rings. The topological polar surface area (TPSA) is 52.6 Å². The molecule has 0 saturated carbocycles. The summed E-state index contributed by atoms with van der Waals surface area (Å²) in [6.45, 7) is 5.14. The van der Waals surface area contributed by atoms with Crippen LogP contribution >= 0.6 is 11.3 Å². The van der Waals surface area contributed by atoms with Crippen molar-refractivity contribution in [1.82, 2.24) is 4.90 Å². The maximum absolute atomic E-state index is 12.8. The van der Waals surface area contributed by atoms with E-state index in [2.05, 4.69) is 41.4 Å². The lowest BCUT2D eigenvalue weighted by molar-refractivity contribution is 0.0746. The Labute approximate surface area is 174 Å². The summed E-state index contributed by atoms with van der Waals surface area (Å²) in [6.07, 6.45) is 0. The lowest BCUT2D eigenvalue weighted by Gasteiger charge is -2.36. The number of piperazine rings is 1. The van der Waals surface area contributed by atoms with Crippen molar-refractivity contribution in [2.75, 3.05) is 36.4 Å². The summed E-state index contributed by atoms with van der Waals surface area (Å²) < 4.78 is 0. The number of amides is 2. The van der Waals surface area contributed by atoms with Gasteiger partial charge in [0.2, 0.25) is 0 Å². The monoisotopic (exact) mass is 405 g/mol. The van der Waals surface area contributed by atoms with E-state index in [1.54, 1.807) is 30.3 Å². The van der Waals surface area contributed by atoms with Gasteiger partial charge in [0.05, 0.1) is 4.88 Å². The zero-order valence-electron chi connectivity index (χ0n) is 16.3. The van der Waals surface area contributed by atoms with Crippen molar-refractivity contribution in [1.29, 1.82) is 0 Å². The van der Waals surface area contributed by atoms with E-state index >= 15 is 0 Å². The van der Waals surface area contributed by atoms with Gasteiger partial charge in [-0.05, 0) is 60.3 Å². The maximum Gasteiger partial charge on any atom is 0.265 e. The summed E-state index contributed by atoms with van der Waals surface area (Å²) in [4.78, 5) is 29.8. The smallest absolute Gasteiger partial charge is 0.265 e. The second kappa shape index (κ2) is 8.49. The van der Waals surface area contributed by atoms with Gasteiger partial charge < -0.3 is 15.1 Å². The van der Waals surface area contributed by atoms with Crippen LogP contribution in [0.25, 0.3) is 0 Å². The third-order valence-corrected chi connectivity index (χ3v) is 5.94. The number of nitrogens with zero attached hydrogens (tertiary/aromatic N) is 2. The summed E-state index contributed by atoms with van der Waals surface area (Å²) in [5.41, 5.74) is 3.78. The van der Waals surface area contributed by atoms with Crippen molar-refractivity contribution in [3.05, 3.63) is 82.0 Å². The van der Waals surface area contributed by atoms with Crippen molar-refractivity contribution in [2.45, 2.75) is 6.92 Å². The van der Waals surface area contributed by atoms with Crippen LogP contribution in [0.4, 0.5) is 11.4 Å². The highest BCUT2D eigenvalue weighted by Crippen LogP contribution is 2.20. The van der Waals surface area contributed by atoms with Gasteiger partial charge in [-0.25, -0.2) is 0 Å². The van der Waals surface area contributed by atoms with Gasteiger partial charge in [-0.3, -0.25) is 9.59 Å². The van der Waals surface area contributed by atoms with Crippen LogP contribution in [0.5, 0.6) is 0 Å². The molecule has 1 aliphatic rings. The van der Waals surface area contributed by atoms with Crippen molar-refractivity contribution in [3.8, 4) is 0 Å². The van der Waals surface area contributed by atoms with Crippen LogP contribution in [0, 0.1) is 6.92 Å². The molecule has 0 aliphatic carbocycles. The molecule has 1 N–H and O–H groups in total. The standard InChI is InChI=1S/C23H23N3O2S/c1-17-4-2-5-20(16-17)25-11-13-26(14-12-25)23(28)18-7-9-19(10-8-18)24-22(27)21-6-3-15-29-21/h2-10,15-16H,11-14H2,1H3,(H,24,27). The van der Waals surface area contributed by atoms with Gasteiger partial charge in [0.1, 0.15) is 0 Å². The van der Waals surface area contributed by atoms with E-state index in [9.17, 15) is 9.59 Å². The van der Waals surface area contributed by atoms with E-state index in [1.165, 1.54) is 22.6 Å². The number of hydrogen-bond acceptors (Lipinski definition) is 4. The minimum absolute atomic E-state index is 0.0324. The fourth-order valence-electron chi connectivity index (χ4n) is 3.47. The Bertz CT molecular complexity index is 991. The Morgan fingerprint density at radius 1 is 0.931 bits per heavy atom. The van der Waals surface area contributed by atoms with Gasteiger partial charge >= 0.3 is 0 Å². The predicted molar refractivity (Wildman–Crippen MR) is 118 cm³/mol. The van der Waals surface area contributed by atoms with Crippen molar-refractivity contribution >= 4 is 34.5 Å². The van der Waals surface area contributed by atoms with E-state index in [1.807, 2.05) is 16.3 Å². The highest BCUT2D eigenvalue weighted by Gasteiger charge is 2.22. The molecule has 2 amide bonds. The van der Waals surface area contributed by atoms with E-state index in [4.69, 9.17) is 0 Å². The average molecular weight is 406 g/mol. The van der Waals surface area contributed by atoms with Crippen LogP contribution in [0.1, 0.15) is 25.6 Å². The highest BCUT2D eigenvalue weighted by atomic mass is 32.1. The number of nitrogens with one attached hydrogen (secondary N) is 1. The second-order valence-corrected chi connectivity index (χ2v) is 8.07. The summed E-state index contributed by atoms with van der Waals surface area (Å²) >= 11 is 1.40. The van der Waals surface area contributed by atoms with Gasteiger partial charge in [0.15, 0.2) is 0 Å². The molecule has 2 aromatic carbocycles.